The maximum atomic E-state index is 5.22. The van der Waals surface area contributed by atoms with Gasteiger partial charge in [-0.15, -0.1) is 0 Å². The van der Waals surface area contributed by atoms with Gasteiger partial charge in [0.25, 0.3) is 5.89 Å². The molecule has 0 atom stereocenters. The first-order valence-corrected chi connectivity index (χ1v) is 5.54. The number of aromatic amines is 1. The molecule has 0 spiro atoms. The first-order valence-electron chi connectivity index (χ1n) is 5.54. The monoisotopic (exact) mass is 227 g/mol. The van der Waals surface area contributed by atoms with E-state index in [1.807, 2.05) is 12.1 Å². The van der Waals surface area contributed by atoms with Crippen LogP contribution < -0.4 is 0 Å². The highest BCUT2D eigenvalue weighted by atomic mass is 16.5. The Morgan fingerprint density at radius 3 is 3.06 bits per heavy atom. The van der Waals surface area contributed by atoms with Gasteiger partial charge in [-0.05, 0) is 25.0 Å². The lowest BCUT2D eigenvalue weighted by Gasteiger charge is -1.92. The van der Waals surface area contributed by atoms with Gasteiger partial charge in [0.05, 0.1) is 11.7 Å². The van der Waals surface area contributed by atoms with Crippen molar-refractivity contribution in [3.05, 3.63) is 24.2 Å². The lowest BCUT2D eigenvalue weighted by Crippen LogP contribution is -1.85. The van der Waals surface area contributed by atoms with E-state index in [1.165, 1.54) is 0 Å². The molecule has 6 nitrogen and oxygen atoms in total. The minimum absolute atomic E-state index is 0.481. The van der Waals surface area contributed by atoms with Crippen LogP contribution in [0.1, 0.15) is 24.6 Å². The molecule has 0 bridgehead atoms. The van der Waals surface area contributed by atoms with Crippen molar-refractivity contribution in [1.29, 1.82) is 0 Å². The second-order valence-electron chi connectivity index (χ2n) is 4.23. The molecule has 1 saturated carbocycles. The van der Waals surface area contributed by atoms with E-state index < -0.39 is 0 Å². The average molecular weight is 227 g/mol. The minimum atomic E-state index is 0.481. The summed E-state index contributed by atoms with van der Waals surface area (Å²) in [7, 11) is 0. The summed E-state index contributed by atoms with van der Waals surface area (Å²) in [5.74, 6) is 1.77. The molecule has 3 aromatic rings. The third kappa shape index (κ3) is 1.41. The Morgan fingerprint density at radius 2 is 2.18 bits per heavy atom. The molecular formula is C11H9N5O. The second kappa shape index (κ2) is 3.13. The van der Waals surface area contributed by atoms with Gasteiger partial charge in [-0.3, -0.25) is 5.10 Å². The largest absolute Gasteiger partial charge is 0.332 e. The number of aromatic nitrogens is 5. The van der Waals surface area contributed by atoms with E-state index in [-0.39, 0.29) is 0 Å². The highest BCUT2D eigenvalue weighted by Crippen LogP contribution is 2.38. The van der Waals surface area contributed by atoms with E-state index in [0.29, 0.717) is 17.5 Å². The van der Waals surface area contributed by atoms with Crippen molar-refractivity contribution in [1.82, 2.24) is 25.3 Å². The van der Waals surface area contributed by atoms with Gasteiger partial charge in [0.15, 0.2) is 5.82 Å². The lowest BCUT2D eigenvalue weighted by atomic mass is 10.3. The van der Waals surface area contributed by atoms with Gasteiger partial charge in [0.1, 0.15) is 11.2 Å². The normalized spacial score (nSPS) is 15.5. The molecule has 3 aromatic heterocycles. The fraction of sp³-hybridized carbons (Fsp3) is 0.273. The molecule has 4 rings (SSSR count). The quantitative estimate of drug-likeness (QED) is 0.723. The Bertz CT molecular complexity index is 682. The molecule has 0 radical (unpaired) electrons. The number of hydrogen-bond donors (Lipinski definition) is 1. The molecule has 1 aliphatic rings. The summed E-state index contributed by atoms with van der Waals surface area (Å²) >= 11 is 0. The van der Waals surface area contributed by atoms with Crippen molar-refractivity contribution in [2.75, 3.05) is 0 Å². The smallest absolute Gasteiger partial charge is 0.276 e. The standard InChI is InChI=1S/C11H9N5O/c1-2-6(1)10-14-11(17-16-10)8-4-3-7-9(13-8)5-12-15-7/h3-6H,1-2H2,(H,12,15). The number of H-pyrrole nitrogens is 1. The van der Waals surface area contributed by atoms with E-state index in [1.54, 1.807) is 6.20 Å². The number of fused-ring (bicyclic) bond motifs is 1. The fourth-order valence-electron chi connectivity index (χ4n) is 1.80. The maximum Gasteiger partial charge on any atom is 0.276 e. The number of hydrogen-bond acceptors (Lipinski definition) is 5. The van der Waals surface area contributed by atoms with E-state index in [0.717, 1.165) is 29.7 Å². The van der Waals surface area contributed by atoms with Crippen LogP contribution in [0.3, 0.4) is 0 Å². The zero-order valence-electron chi connectivity index (χ0n) is 8.92. The van der Waals surface area contributed by atoms with Gasteiger partial charge in [-0.25, -0.2) is 4.98 Å². The molecule has 0 unspecified atom stereocenters. The zero-order valence-corrected chi connectivity index (χ0v) is 8.92. The first-order chi connectivity index (χ1) is 8.40. The van der Waals surface area contributed by atoms with Crippen LogP contribution in [0, 0.1) is 0 Å². The number of nitrogens with zero attached hydrogens (tertiary/aromatic N) is 4. The first kappa shape index (κ1) is 8.86. The van der Waals surface area contributed by atoms with Crippen molar-refractivity contribution < 1.29 is 4.52 Å². The predicted molar refractivity (Wildman–Crippen MR) is 59.2 cm³/mol. The van der Waals surface area contributed by atoms with Crippen molar-refractivity contribution in [2.45, 2.75) is 18.8 Å². The molecule has 0 saturated heterocycles. The molecule has 1 aliphatic carbocycles. The number of nitrogens with one attached hydrogen (secondary N) is 1. The second-order valence-corrected chi connectivity index (χ2v) is 4.23. The van der Waals surface area contributed by atoms with Crippen molar-refractivity contribution >= 4 is 11.0 Å². The van der Waals surface area contributed by atoms with Crippen LogP contribution in [0.15, 0.2) is 22.9 Å². The molecule has 84 valence electrons. The van der Waals surface area contributed by atoms with Gasteiger partial charge in [-0.2, -0.15) is 10.1 Å². The van der Waals surface area contributed by atoms with Gasteiger partial charge in [0, 0.05) is 5.92 Å². The highest BCUT2D eigenvalue weighted by Gasteiger charge is 2.29. The van der Waals surface area contributed by atoms with Gasteiger partial charge < -0.3 is 4.52 Å². The van der Waals surface area contributed by atoms with Gasteiger partial charge >= 0.3 is 0 Å². The minimum Gasteiger partial charge on any atom is -0.332 e. The summed E-state index contributed by atoms with van der Waals surface area (Å²) in [5.41, 5.74) is 2.39. The SMILES string of the molecule is c1cc2[nH]ncc2nc1-c1nc(C2CC2)no1. The van der Waals surface area contributed by atoms with Gasteiger partial charge in [0.2, 0.25) is 0 Å². The molecule has 1 N–H and O–H groups in total. The van der Waals surface area contributed by atoms with Crippen LogP contribution in [0.5, 0.6) is 0 Å². The van der Waals surface area contributed by atoms with Gasteiger partial charge in [-0.1, -0.05) is 5.16 Å². The Kier molecular flexibility index (Phi) is 1.63. The van der Waals surface area contributed by atoms with Crippen LogP contribution in [0.2, 0.25) is 0 Å². The summed E-state index contributed by atoms with van der Waals surface area (Å²) in [6.07, 6.45) is 4.00. The van der Waals surface area contributed by atoms with E-state index in [9.17, 15) is 0 Å². The number of pyridine rings is 1. The topological polar surface area (TPSA) is 80.5 Å². The fourth-order valence-corrected chi connectivity index (χ4v) is 1.80. The summed E-state index contributed by atoms with van der Waals surface area (Å²) in [6.45, 7) is 0. The zero-order chi connectivity index (χ0) is 11.2. The number of rotatable bonds is 2. The molecular weight excluding hydrogens is 218 g/mol. The third-order valence-electron chi connectivity index (χ3n) is 2.90. The predicted octanol–water partition coefficient (Wildman–Crippen LogP) is 1.89. The Morgan fingerprint density at radius 1 is 1.24 bits per heavy atom. The van der Waals surface area contributed by atoms with Crippen molar-refractivity contribution in [3.8, 4) is 11.6 Å². The molecule has 6 heteroatoms. The van der Waals surface area contributed by atoms with E-state index >= 15 is 0 Å². The summed E-state index contributed by atoms with van der Waals surface area (Å²) < 4.78 is 5.22. The summed E-state index contributed by atoms with van der Waals surface area (Å²) in [4.78, 5) is 8.77. The summed E-state index contributed by atoms with van der Waals surface area (Å²) in [5, 5.41) is 10.8. The van der Waals surface area contributed by atoms with Crippen LogP contribution in [0.4, 0.5) is 0 Å². The van der Waals surface area contributed by atoms with E-state index in [4.69, 9.17) is 4.52 Å². The molecule has 0 aliphatic heterocycles. The Hall–Kier alpha value is -2.24. The summed E-state index contributed by atoms with van der Waals surface area (Å²) in [6, 6.07) is 3.76. The van der Waals surface area contributed by atoms with Crippen LogP contribution in [0.25, 0.3) is 22.6 Å². The van der Waals surface area contributed by atoms with E-state index in [2.05, 4.69) is 25.3 Å². The average Bonchev–Trinajstić information content (AvgIpc) is 2.93. The van der Waals surface area contributed by atoms with Crippen molar-refractivity contribution in [3.63, 3.8) is 0 Å². The molecule has 3 heterocycles. The maximum absolute atomic E-state index is 5.22. The van der Waals surface area contributed by atoms with Crippen LogP contribution in [-0.4, -0.2) is 25.3 Å². The Balaban J connectivity index is 1.80. The molecule has 0 aromatic carbocycles. The molecule has 1 fully saturated rings. The molecule has 17 heavy (non-hydrogen) atoms. The third-order valence-corrected chi connectivity index (χ3v) is 2.90. The lowest BCUT2D eigenvalue weighted by molar-refractivity contribution is 0.421. The van der Waals surface area contributed by atoms with Crippen LogP contribution in [-0.2, 0) is 0 Å². The highest BCUT2D eigenvalue weighted by molar-refractivity contribution is 5.75. The molecule has 0 amide bonds. The van der Waals surface area contributed by atoms with Crippen molar-refractivity contribution in [2.24, 2.45) is 0 Å². The van der Waals surface area contributed by atoms with Crippen LogP contribution >= 0.6 is 0 Å². The Labute approximate surface area is 96.1 Å².